The van der Waals surface area contributed by atoms with Crippen LogP contribution in [-0.2, 0) is 14.8 Å². The molecule has 1 saturated heterocycles. The van der Waals surface area contributed by atoms with Crippen LogP contribution in [0.15, 0.2) is 0 Å². The summed E-state index contributed by atoms with van der Waals surface area (Å²) >= 11 is 0. The summed E-state index contributed by atoms with van der Waals surface area (Å²) in [4.78, 5) is 24.0. The van der Waals surface area contributed by atoms with E-state index >= 15 is 0 Å². The number of piperazine rings is 1. The molecule has 0 aromatic rings. The first-order valence-electron chi connectivity index (χ1n) is 6.10. The lowest BCUT2D eigenvalue weighted by Crippen LogP contribution is -2.56. The van der Waals surface area contributed by atoms with Crippen LogP contribution in [-0.4, -0.2) is 67.5 Å². The predicted molar refractivity (Wildman–Crippen MR) is 69.8 cm³/mol. The van der Waals surface area contributed by atoms with Crippen molar-refractivity contribution in [2.75, 3.05) is 31.9 Å². The zero-order valence-electron chi connectivity index (χ0n) is 11.1. The number of nitrogens with two attached hydrogens (primary N) is 1. The summed E-state index contributed by atoms with van der Waals surface area (Å²) in [6.07, 6.45) is 0. The maximum absolute atomic E-state index is 11.7. The van der Waals surface area contributed by atoms with Crippen molar-refractivity contribution in [2.24, 2.45) is 5.73 Å². The fourth-order valence-electron chi connectivity index (χ4n) is 1.94. The van der Waals surface area contributed by atoms with Gasteiger partial charge in [0.25, 0.3) is 0 Å². The van der Waals surface area contributed by atoms with Crippen LogP contribution in [0.25, 0.3) is 0 Å². The summed E-state index contributed by atoms with van der Waals surface area (Å²) in [5.41, 5.74) is 4.88. The Morgan fingerprint density at radius 2 is 1.79 bits per heavy atom. The van der Waals surface area contributed by atoms with Gasteiger partial charge < -0.3 is 5.73 Å². The van der Waals surface area contributed by atoms with E-state index in [1.165, 1.54) is 4.31 Å². The predicted octanol–water partition coefficient (Wildman–Crippen LogP) is -1.46. The maximum atomic E-state index is 11.7. The molecule has 0 bridgehead atoms. The summed E-state index contributed by atoms with van der Waals surface area (Å²) in [7, 11) is -3.18. The lowest BCUT2D eigenvalue weighted by atomic mass is 10.2. The summed E-state index contributed by atoms with van der Waals surface area (Å²) < 4.78 is 24.8. The highest BCUT2D eigenvalue weighted by molar-refractivity contribution is 7.89. The summed E-state index contributed by atoms with van der Waals surface area (Å²) in [6, 6.07) is -1.40. The fraction of sp³-hybridized carbons (Fsp3) is 0.800. The summed E-state index contributed by atoms with van der Waals surface area (Å²) in [6.45, 7) is 4.86. The van der Waals surface area contributed by atoms with Crippen LogP contribution in [0.2, 0.25) is 0 Å². The number of nitrogens with zero attached hydrogens (tertiary/aromatic N) is 2. The lowest BCUT2D eigenvalue weighted by Gasteiger charge is -2.36. The van der Waals surface area contributed by atoms with Crippen LogP contribution in [0, 0.1) is 0 Å². The molecule has 8 nitrogen and oxygen atoms in total. The molecule has 3 N–H and O–H groups in total. The van der Waals surface area contributed by atoms with Gasteiger partial charge >= 0.3 is 6.03 Å². The van der Waals surface area contributed by atoms with E-state index in [4.69, 9.17) is 5.73 Å². The molecule has 0 spiro atoms. The second kappa shape index (κ2) is 6.31. The van der Waals surface area contributed by atoms with Crippen LogP contribution in [0.5, 0.6) is 0 Å². The maximum Gasteiger partial charge on any atom is 0.318 e. The zero-order valence-corrected chi connectivity index (χ0v) is 11.9. The van der Waals surface area contributed by atoms with Gasteiger partial charge in [0, 0.05) is 26.2 Å². The van der Waals surface area contributed by atoms with Crippen molar-refractivity contribution in [1.29, 1.82) is 0 Å². The molecule has 0 saturated carbocycles. The van der Waals surface area contributed by atoms with Gasteiger partial charge in [0.2, 0.25) is 15.9 Å². The third-order valence-corrected chi connectivity index (χ3v) is 5.09. The number of nitrogens with one attached hydrogen (secondary N) is 1. The smallest absolute Gasteiger partial charge is 0.318 e. The average Bonchev–Trinajstić information content (AvgIpc) is 2.37. The van der Waals surface area contributed by atoms with E-state index in [0.29, 0.717) is 26.2 Å². The lowest BCUT2D eigenvalue weighted by molar-refractivity contribution is -0.125. The zero-order chi connectivity index (χ0) is 14.6. The highest BCUT2D eigenvalue weighted by Crippen LogP contribution is 2.10. The first-order chi connectivity index (χ1) is 8.77. The molecule has 1 atom stereocenters. The Hall–Kier alpha value is -1.19. The molecule has 0 radical (unpaired) electrons. The molecule has 0 aromatic heterocycles. The van der Waals surface area contributed by atoms with Gasteiger partial charge in [-0.25, -0.2) is 13.2 Å². The number of hydrogen-bond acceptors (Lipinski definition) is 5. The van der Waals surface area contributed by atoms with Gasteiger partial charge in [-0.05, 0) is 13.8 Å². The van der Waals surface area contributed by atoms with Crippen molar-refractivity contribution in [1.82, 2.24) is 14.5 Å². The average molecular weight is 292 g/mol. The minimum Gasteiger partial charge on any atom is -0.351 e. The second-order valence-electron chi connectivity index (χ2n) is 4.37. The molecule has 1 aliphatic rings. The minimum absolute atomic E-state index is 0.0741. The normalized spacial score (nSPS) is 19.9. The Morgan fingerprint density at radius 1 is 1.26 bits per heavy atom. The molecular weight excluding hydrogens is 272 g/mol. The van der Waals surface area contributed by atoms with Crippen LogP contribution in [0.3, 0.4) is 0 Å². The van der Waals surface area contributed by atoms with E-state index in [2.05, 4.69) is 0 Å². The van der Waals surface area contributed by atoms with Gasteiger partial charge in [-0.15, -0.1) is 0 Å². The largest absolute Gasteiger partial charge is 0.351 e. The molecule has 1 rings (SSSR count). The van der Waals surface area contributed by atoms with E-state index in [0.717, 1.165) is 0 Å². The van der Waals surface area contributed by atoms with E-state index < -0.39 is 28.0 Å². The van der Waals surface area contributed by atoms with E-state index in [1.807, 2.05) is 10.2 Å². The molecule has 19 heavy (non-hydrogen) atoms. The number of urea groups is 1. The summed E-state index contributed by atoms with van der Waals surface area (Å²) in [5, 5.41) is 2.02. The van der Waals surface area contributed by atoms with Crippen molar-refractivity contribution in [3.05, 3.63) is 0 Å². The number of amides is 3. The molecule has 0 aromatic carbocycles. The number of hydrogen-bond donors (Lipinski definition) is 2. The molecule has 1 aliphatic heterocycles. The first-order valence-corrected chi connectivity index (χ1v) is 7.71. The Kier molecular flexibility index (Phi) is 5.27. The van der Waals surface area contributed by atoms with Crippen LogP contribution in [0.4, 0.5) is 4.79 Å². The number of primary amides is 1. The standard InChI is InChI=1S/C10H20N4O4S/c1-3-19(17,18)14-6-4-13(5-7-14)8(2)9(15)12-10(11)16/h8H,3-7H2,1-2H3,(H3,11,12,15,16)/t8-/m1/s1. The number of carbonyl (C=O) groups excluding carboxylic acids is 2. The van der Waals surface area contributed by atoms with E-state index in [-0.39, 0.29) is 5.75 Å². The third-order valence-electron chi connectivity index (χ3n) is 3.20. The van der Waals surface area contributed by atoms with Gasteiger partial charge in [0.05, 0.1) is 11.8 Å². The first kappa shape index (κ1) is 15.9. The van der Waals surface area contributed by atoms with Gasteiger partial charge in [0.15, 0.2) is 0 Å². The van der Waals surface area contributed by atoms with Crippen molar-refractivity contribution >= 4 is 22.0 Å². The topological polar surface area (TPSA) is 113 Å². The molecule has 110 valence electrons. The van der Waals surface area contributed by atoms with Crippen molar-refractivity contribution < 1.29 is 18.0 Å². The van der Waals surface area contributed by atoms with E-state index in [1.54, 1.807) is 13.8 Å². The van der Waals surface area contributed by atoms with Gasteiger partial charge in [-0.1, -0.05) is 0 Å². The number of sulfonamides is 1. The van der Waals surface area contributed by atoms with Crippen LogP contribution >= 0.6 is 0 Å². The Bertz CT molecular complexity index is 442. The molecule has 0 aliphatic carbocycles. The fourth-order valence-corrected chi connectivity index (χ4v) is 3.03. The minimum atomic E-state index is -3.18. The highest BCUT2D eigenvalue weighted by atomic mass is 32.2. The molecule has 0 unspecified atom stereocenters. The van der Waals surface area contributed by atoms with Gasteiger partial charge in [0.1, 0.15) is 0 Å². The number of carbonyl (C=O) groups is 2. The molecule has 1 heterocycles. The molecule has 1 fully saturated rings. The van der Waals surface area contributed by atoms with Crippen LogP contribution < -0.4 is 11.1 Å². The van der Waals surface area contributed by atoms with Crippen molar-refractivity contribution in [3.8, 4) is 0 Å². The quantitative estimate of drug-likeness (QED) is 0.657. The van der Waals surface area contributed by atoms with Crippen molar-refractivity contribution in [3.63, 3.8) is 0 Å². The molecular formula is C10H20N4O4S. The van der Waals surface area contributed by atoms with Gasteiger partial charge in [-0.3, -0.25) is 15.0 Å². The molecule has 9 heteroatoms. The number of imide groups is 1. The Balaban J connectivity index is 2.54. The Labute approximate surface area is 113 Å². The highest BCUT2D eigenvalue weighted by Gasteiger charge is 2.30. The molecule has 3 amide bonds. The van der Waals surface area contributed by atoms with Crippen LogP contribution in [0.1, 0.15) is 13.8 Å². The monoisotopic (exact) mass is 292 g/mol. The third kappa shape index (κ3) is 4.15. The second-order valence-corrected chi connectivity index (χ2v) is 6.62. The summed E-state index contributed by atoms with van der Waals surface area (Å²) in [5.74, 6) is -0.399. The number of rotatable bonds is 4. The van der Waals surface area contributed by atoms with Crippen molar-refractivity contribution in [2.45, 2.75) is 19.9 Å². The van der Waals surface area contributed by atoms with Gasteiger partial charge in [-0.2, -0.15) is 4.31 Å². The SMILES string of the molecule is CCS(=O)(=O)N1CCN([C@H](C)C(=O)NC(N)=O)CC1. The Morgan fingerprint density at radius 3 is 2.21 bits per heavy atom. The van der Waals surface area contributed by atoms with E-state index in [9.17, 15) is 18.0 Å².